The summed E-state index contributed by atoms with van der Waals surface area (Å²) >= 11 is 0. The number of aliphatic carboxylic acids is 1. The van der Waals surface area contributed by atoms with Gasteiger partial charge in [-0.2, -0.15) is 0 Å². The fraction of sp³-hybridized carbons (Fsp3) is 0.846. The molecule has 4 heteroatoms. The maximum Gasteiger partial charge on any atom is 0.306 e. The normalized spacial score (nSPS) is 29.1. The van der Waals surface area contributed by atoms with E-state index in [9.17, 15) is 9.59 Å². The average molecular weight is 239 g/mol. The van der Waals surface area contributed by atoms with Gasteiger partial charge >= 0.3 is 5.97 Å². The highest BCUT2D eigenvalue weighted by Crippen LogP contribution is 2.40. The van der Waals surface area contributed by atoms with E-state index in [1.165, 1.54) is 12.8 Å². The molecular formula is C13H21NO3. The lowest BCUT2D eigenvalue weighted by atomic mass is 9.96. The molecule has 0 unspecified atom stereocenters. The minimum absolute atomic E-state index is 0.0469. The van der Waals surface area contributed by atoms with Crippen LogP contribution in [0.5, 0.6) is 0 Å². The summed E-state index contributed by atoms with van der Waals surface area (Å²) in [6.45, 7) is 4.12. The number of carbonyl (C=O) groups is 2. The van der Waals surface area contributed by atoms with Crippen LogP contribution in [0.15, 0.2) is 0 Å². The van der Waals surface area contributed by atoms with Crippen molar-refractivity contribution in [2.75, 3.05) is 0 Å². The van der Waals surface area contributed by atoms with E-state index in [0.29, 0.717) is 25.2 Å². The SMILES string of the molecule is CC(C)(NC(=O)[C@@H]1CC[C@H](C(=O)O)C1)C1CC1. The molecule has 4 nitrogen and oxygen atoms in total. The zero-order valence-corrected chi connectivity index (χ0v) is 10.5. The van der Waals surface area contributed by atoms with Gasteiger partial charge in [-0.25, -0.2) is 0 Å². The Hall–Kier alpha value is -1.06. The van der Waals surface area contributed by atoms with Crippen LogP contribution in [-0.4, -0.2) is 22.5 Å². The van der Waals surface area contributed by atoms with Crippen LogP contribution < -0.4 is 5.32 Å². The van der Waals surface area contributed by atoms with Gasteiger partial charge < -0.3 is 10.4 Å². The van der Waals surface area contributed by atoms with Crippen molar-refractivity contribution in [2.24, 2.45) is 17.8 Å². The third-order valence-electron chi connectivity index (χ3n) is 4.20. The lowest BCUT2D eigenvalue weighted by Gasteiger charge is -2.27. The monoisotopic (exact) mass is 239 g/mol. The van der Waals surface area contributed by atoms with Gasteiger partial charge in [-0.05, 0) is 51.9 Å². The van der Waals surface area contributed by atoms with Gasteiger partial charge in [-0.3, -0.25) is 9.59 Å². The Bertz CT molecular complexity index is 334. The van der Waals surface area contributed by atoms with Crippen molar-refractivity contribution in [1.82, 2.24) is 5.32 Å². The molecule has 0 aromatic rings. The molecule has 96 valence electrons. The standard InChI is InChI=1S/C13H21NO3/c1-13(2,10-5-6-10)14-11(15)8-3-4-9(7-8)12(16)17/h8-10H,3-7H2,1-2H3,(H,14,15)(H,16,17)/t8-,9+/m1/s1. The van der Waals surface area contributed by atoms with Gasteiger partial charge in [-0.1, -0.05) is 0 Å². The summed E-state index contributed by atoms with van der Waals surface area (Å²) in [5.74, 6) is -0.542. The number of nitrogens with one attached hydrogen (secondary N) is 1. The first-order valence-corrected chi connectivity index (χ1v) is 6.45. The van der Waals surface area contributed by atoms with Gasteiger partial charge in [0, 0.05) is 11.5 Å². The lowest BCUT2D eigenvalue weighted by Crippen LogP contribution is -2.47. The first-order valence-electron chi connectivity index (χ1n) is 6.45. The maximum absolute atomic E-state index is 12.1. The van der Waals surface area contributed by atoms with E-state index in [2.05, 4.69) is 19.2 Å². The molecule has 0 aliphatic heterocycles. The van der Waals surface area contributed by atoms with Crippen molar-refractivity contribution in [3.8, 4) is 0 Å². The molecule has 2 atom stereocenters. The van der Waals surface area contributed by atoms with Crippen molar-refractivity contribution in [3.05, 3.63) is 0 Å². The van der Waals surface area contributed by atoms with Crippen molar-refractivity contribution < 1.29 is 14.7 Å². The van der Waals surface area contributed by atoms with Gasteiger partial charge in [0.05, 0.1) is 5.92 Å². The van der Waals surface area contributed by atoms with Gasteiger partial charge in [0.15, 0.2) is 0 Å². The van der Waals surface area contributed by atoms with Crippen molar-refractivity contribution >= 4 is 11.9 Å². The average Bonchev–Trinajstić information content (AvgIpc) is 2.95. The number of amides is 1. The summed E-state index contributed by atoms with van der Waals surface area (Å²) in [5.41, 5.74) is -0.127. The summed E-state index contributed by atoms with van der Waals surface area (Å²) in [6, 6.07) is 0. The summed E-state index contributed by atoms with van der Waals surface area (Å²) < 4.78 is 0. The summed E-state index contributed by atoms with van der Waals surface area (Å²) in [5, 5.41) is 12.0. The zero-order valence-electron chi connectivity index (χ0n) is 10.5. The second-order valence-electron chi connectivity index (χ2n) is 6.03. The Kier molecular flexibility index (Phi) is 3.15. The third kappa shape index (κ3) is 2.79. The summed E-state index contributed by atoms with van der Waals surface area (Å²) in [7, 11) is 0. The van der Waals surface area contributed by atoms with Crippen LogP contribution in [0.25, 0.3) is 0 Å². The first-order chi connectivity index (χ1) is 7.90. The Morgan fingerprint density at radius 3 is 2.18 bits per heavy atom. The number of carboxylic acids is 1. The van der Waals surface area contributed by atoms with Crippen molar-refractivity contribution in [1.29, 1.82) is 0 Å². The Morgan fingerprint density at radius 2 is 1.71 bits per heavy atom. The number of carbonyl (C=O) groups excluding carboxylic acids is 1. The quantitative estimate of drug-likeness (QED) is 0.786. The molecule has 0 aromatic heterocycles. The van der Waals surface area contributed by atoms with E-state index in [1.807, 2.05) is 0 Å². The number of rotatable bonds is 4. The van der Waals surface area contributed by atoms with Crippen LogP contribution in [-0.2, 0) is 9.59 Å². The molecule has 0 aromatic carbocycles. The molecular weight excluding hydrogens is 218 g/mol. The Balaban J connectivity index is 1.86. The summed E-state index contributed by atoms with van der Waals surface area (Å²) in [4.78, 5) is 22.9. The molecule has 0 bridgehead atoms. The number of hydrogen-bond donors (Lipinski definition) is 2. The predicted octanol–water partition coefficient (Wildman–Crippen LogP) is 1.79. The van der Waals surface area contributed by atoms with E-state index in [4.69, 9.17) is 5.11 Å². The fourth-order valence-electron chi connectivity index (χ4n) is 2.77. The van der Waals surface area contributed by atoms with Crippen LogP contribution in [0.2, 0.25) is 0 Å². The minimum atomic E-state index is -0.762. The molecule has 0 heterocycles. The van der Waals surface area contributed by atoms with E-state index < -0.39 is 5.97 Å². The number of carboxylic acid groups (broad SMARTS) is 1. The maximum atomic E-state index is 12.1. The molecule has 2 saturated carbocycles. The highest BCUT2D eigenvalue weighted by Gasteiger charge is 2.41. The van der Waals surface area contributed by atoms with E-state index >= 15 is 0 Å². The molecule has 2 rings (SSSR count). The van der Waals surface area contributed by atoms with Crippen LogP contribution >= 0.6 is 0 Å². The van der Waals surface area contributed by atoms with Crippen LogP contribution in [0.3, 0.4) is 0 Å². The van der Waals surface area contributed by atoms with E-state index in [-0.39, 0.29) is 23.3 Å². The first kappa shape index (κ1) is 12.4. The second kappa shape index (κ2) is 4.31. The molecule has 0 saturated heterocycles. The van der Waals surface area contributed by atoms with Gasteiger partial charge in [-0.15, -0.1) is 0 Å². The van der Waals surface area contributed by atoms with Crippen molar-refractivity contribution in [3.63, 3.8) is 0 Å². The molecule has 0 radical (unpaired) electrons. The Morgan fingerprint density at radius 1 is 1.12 bits per heavy atom. The molecule has 2 fully saturated rings. The van der Waals surface area contributed by atoms with Gasteiger partial charge in [0.1, 0.15) is 0 Å². The molecule has 2 N–H and O–H groups in total. The van der Waals surface area contributed by atoms with E-state index in [1.54, 1.807) is 0 Å². The topological polar surface area (TPSA) is 66.4 Å². The van der Waals surface area contributed by atoms with Crippen LogP contribution in [0.4, 0.5) is 0 Å². The lowest BCUT2D eigenvalue weighted by molar-refractivity contribution is -0.141. The smallest absolute Gasteiger partial charge is 0.306 e. The molecule has 2 aliphatic rings. The molecule has 0 spiro atoms. The fourth-order valence-corrected chi connectivity index (χ4v) is 2.77. The highest BCUT2D eigenvalue weighted by molar-refractivity contribution is 5.81. The van der Waals surface area contributed by atoms with E-state index in [0.717, 1.165) is 0 Å². The largest absolute Gasteiger partial charge is 0.481 e. The number of hydrogen-bond acceptors (Lipinski definition) is 2. The van der Waals surface area contributed by atoms with Gasteiger partial charge in [0.2, 0.25) is 5.91 Å². The minimum Gasteiger partial charge on any atom is -0.481 e. The van der Waals surface area contributed by atoms with Crippen LogP contribution in [0, 0.1) is 17.8 Å². The molecule has 2 aliphatic carbocycles. The highest BCUT2D eigenvalue weighted by atomic mass is 16.4. The van der Waals surface area contributed by atoms with Crippen molar-refractivity contribution in [2.45, 2.75) is 51.5 Å². The second-order valence-corrected chi connectivity index (χ2v) is 6.03. The molecule has 1 amide bonds. The van der Waals surface area contributed by atoms with Crippen LogP contribution in [0.1, 0.15) is 46.0 Å². The molecule has 17 heavy (non-hydrogen) atoms. The zero-order chi connectivity index (χ0) is 12.6. The third-order valence-corrected chi connectivity index (χ3v) is 4.20. The van der Waals surface area contributed by atoms with Gasteiger partial charge in [0.25, 0.3) is 0 Å². The predicted molar refractivity (Wildman–Crippen MR) is 63.4 cm³/mol. The summed E-state index contributed by atoms with van der Waals surface area (Å²) in [6.07, 6.45) is 4.23. The Labute approximate surface area is 102 Å².